The first-order chi connectivity index (χ1) is 7.75. The molecular weight excluding hydrogens is 220 g/mol. The van der Waals surface area contributed by atoms with Gasteiger partial charge >= 0.3 is 0 Å². The standard InChI is InChI=1S/C13H13ClN2/c1-10-7-12(14)4-5-13(10)16-9-11-3-2-6-15-8-11/h2-8,16H,9H2,1H3. The van der Waals surface area contributed by atoms with Crippen LogP contribution in [-0.2, 0) is 6.54 Å². The Morgan fingerprint density at radius 2 is 2.19 bits per heavy atom. The SMILES string of the molecule is Cc1cc(Cl)ccc1NCc1cccnc1. The average molecular weight is 233 g/mol. The van der Waals surface area contributed by atoms with Gasteiger partial charge in [0.15, 0.2) is 0 Å². The van der Waals surface area contributed by atoms with Crippen molar-refractivity contribution in [2.24, 2.45) is 0 Å². The summed E-state index contributed by atoms with van der Waals surface area (Å²) in [5, 5.41) is 4.13. The molecule has 16 heavy (non-hydrogen) atoms. The minimum atomic E-state index is 0.768. The van der Waals surface area contributed by atoms with Crippen LogP contribution in [0.15, 0.2) is 42.7 Å². The molecule has 1 N–H and O–H groups in total. The van der Waals surface area contributed by atoms with Crippen LogP contribution in [0.3, 0.4) is 0 Å². The first-order valence-corrected chi connectivity index (χ1v) is 5.52. The molecule has 2 aromatic rings. The van der Waals surface area contributed by atoms with Crippen molar-refractivity contribution < 1.29 is 0 Å². The first kappa shape index (κ1) is 11.0. The topological polar surface area (TPSA) is 24.9 Å². The molecule has 0 spiro atoms. The molecule has 0 atom stereocenters. The van der Waals surface area contributed by atoms with E-state index in [1.165, 1.54) is 0 Å². The number of pyridine rings is 1. The van der Waals surface area contributed by atoms with Crippen LogP contribution in [0.2, 0.25) is 5.02 Å². The van der Waals surface area contributed by atoms with E-state index in [4.69, 9.17) is 11.6 Å². The summed E-state index contributed by atoms with van der Waals surface area (Å²) in [6.07, 6.45) is 3.63. The third-order valence-corrected chi connectivity index (χ3v) is 2.63. The molecule has 0 aliphatic carbocycles. The van der Waals surface area contributed by atoms with Gasteiger partial charge in [0.2, 0.25) is 0 Å². The largest absolute Gasteiger partial charge is 0.381 e. The van der Waals surface area contributed by atoms with Crippen molar-refractivity contribution in [1.82, 2.24) is 4.98 Å². The van der Waals surface area contributed by atoms with Crippen molar-refractivity contribution in [2.45, 2.75) is 13.5 Å². The van der Waals surface area contributed by atoms with Gasteiger partial charge in [-0.05, 0) is 42.3 Å². The van der Waals surface area contributed by atoms with Gasteiger partial charge in [0.1, 0.15) is 0 Å². The quantitative estimate of drug-likeness (QED) is 0.874. The Balaban J connectivity index is 2.05. The highest BCUT2D eigenvalue weighted by atomic mass is 35.5. The Morgan fingerprint density at radius 3 is 2.88 bits per heavy atom. The van der Waals surface area contributed by atoms with Crippen LogP contribution in [-0.4, -0.2) is 4.98 Å². The molecule has 0 radical (unpaired) electrons. The third kappa shape index (κ3) is 2.74. The second kappa shape index (κ2) is 4.99. The molecule has 0 saturated carbocycles. The number of nitrogens with one attached hydrogen (secondary N) is 1. The van der Waals surface area contributed by atoms with E-state index in [-0.39, 0.29) is 0 Å². The summed E-state index contributed by atoms with van der Waals surface area (Å²) in [6, 6.07) is 9.82. The summed E-state index contributed by atoms with van der Waals surface area (Å²) in [5.41, 5.74) is 3.42. The summed E-state index contributed by atoms with van der Waals surface area (Å²) in [6.45, 7) is 2.81. The Morgan fingerprint density at radius 1 is 1.31 bits per heavy atom. The molecule has 0 aliphatic heterocycles. The Kier molecular flexibility index (Phi) is 3.42. The normalized spacial score (nSPS) is 10.1. The molecule has 2 rings (SSSR count). The van der Waals surface area contributed by atoms with Crippen molar-refractivity contribution in [3.8, 4) is 0 Å². The van der Waals surface area contributed by atoms with Crippen LogP contribution in [0.25, 0.3) is 0 Å². The fraction of sp³-hybridized carbons (Fsp3) is 0.154. The first-order valence-electron chi connectivity index (χ1n) is 5.14. The van der Waals surface area contributed by atoms with E-state index in [1.54, 1.807) is 6.20 Å². The predicted octanol–water partition coefficient (Wildman–Crippen LogP) is 3.66. The zero-order valence-electron chi connectivity index (χ0n) is 9.07. The number of aromatic nitrogens is 1. The predicted molar refractivity (Wildman–Crippen MR) is 67.8 cm³/mol. The van der Waals surface area contributed by atoms with Gasteiger partial charge in [-0.15, -0.1) is 0 Å². The molecule has 82 valence electrons. The van der Waals surface area contributed by atoms with Gasteiger partial charge in [-0.1, -0.05) is 17.7 Å². The Labute approximate surface area is 100 Å². The molecule has 1 aromatic carbocycles. The van der Waals surface area contributed by atoms with Crippen LogP contribution in [0.4, 0.5) is 5.69 Å². The number of hydrogen-bond acceptors (Lipinski definition) is 2. The maximum Gasteiger partial charge on any atom is 0.0416 e. The number of rotatable bonds is 3. The van der Waals surface area contributed by atoms with E-state index in [2.05, 4.69) is 10.3 Å². The van der Waals surface area contributed by atoms with Crippen molar-refractivity contribution in [3.05, 3.63) is 58.9 Å². The molecule has 1 heterocycles. The smallest absolute Gasteiger partial charge is 0.0416 e. The minimum absolute atomic E-state index is 0.768. The lowest BCUT2D eigenvalue weighted by Crippen LogP contribution is -2.00. The minimum Gasteiger partial charge on any atom is -0.381 e. The average Bonchev–Trinajstić information content (AvgIpc) is 2.29. The molecule has 2 nitrogen and oxygen atoms in total. The lowest BCUT2D eigenvalue weighted by Gasteiger charge is -2.09. The van der Waals surface area contributed by atoms with Gasteiger partial charge < -0.3 is 5.32 Å². The van der Waals surface area contributed by atoms with Gasteiger partial charge in [-0.3, -0.25) is 4.98 Å². The maximum absolute atomic E-state index is 5.90. The van der Waals surface area contributed by atoms with Crippen molar-refractivity contribution in [1.29, 1.82) is 0 Å². The van der Waals surface area contributed by atoms with E-state index < -0.39 is 0 Å². The van der Waals surface area contributed by atoms with E-state index in [0.717, 1.165) is 28.4 Å². The lowest BCUT2D eigenvalue weighted by atomic mass is 10.2. The van der Waals surface area contributed by atoms with Crippen LogP contribution in [0, 0.1) is 6.92 Å². The third-order valence-electron chi connectivity index (χ3n) is 2.39. The molecule has 0 saturated heterocycles. The Hall–Kier alpha value is -1.54. The lowest BCUT2D eigenvalue weighted by molar-refractivity contribution is 1.11. The van der Waals surface area contributed by atoms with Crippen LogP contribution < -0.4 is 5.32 Å². The Bertz CT molecular complexity index is 469. The van der Waals surface area contributed by atoms with Crippen molar-refractivity contribution in [2.75, 3.05) is 5.32 Å². The van der Waals surface area contributed by atoms with E-state index in [0.29, 0.717) is 0 Å². The summed E-state index contributed by atoms with van der Waals surface area (Å²) < 4.78 is 0. The molecular formula is C13H13ClN2. The number of benzene rings is 1. The summed E-state index contributed by atoms with van der Waals surface area (Å²) in [7, 11) is 0. The number of anilines is 1. The molecule has 3 heteroatoms. The second-order valence-corrected chi connectivity index (χ2v) is 4.11. The number of halogens is 1. The van der Waals surface area contributed by atoms with Crippen molar-refractivity contribution >= 4 is 17.3 Å². The van der Waals surface area contributed by atoms with Gasteiger partial charge in [0.25, 0.3) is 0 Å². The molecule has 0 aliphatic rings. The zero-order chi connectivity index (χ0) is 11.4. The molecule has 0 unspecified atom stereocenters. The highest BCUT2D eigenvalue weighted by Gasteiger charge is 1.98. The molecule has 0 amide bonds. The monoisotopic (exact) mass is 232 g/mol. The number of hydrogen-bond donors (Lipinski definition) is 1. The number of aryl methyl sites for hydroxylation is 1. The van der Waals surface area contributed by atoms with E-state index >= 15 is 0 Å². The van der Waals surface area contributed by atoms with E-state index in [1.807, 2.05) is 43.5 Å². The summed E-state index contributed by atoms with van der Waals surface area (Å²) in [4.78, 5) is 4.07. The second-order valence-electron chi connectivity index (χ2n) is 3.67. The summed E-state index contributed by atoms with van der Waals surface area (Å²) >= 11 is 5.90. The van der Waals surface area contributed by atoms with Gasteiger partial charge in [0.05, 0.1) is 0 Å². The van der Waals surface area contributed by atoms with Crippen LogP contribution in [0.1, 0.15) is 11.1 Å². The number of nitrogens with zero attached hydrogens (tertiary/aromatic N) is 1. The van der Waals surface area contributed by atoms with Crippen molar-refractivity contribution in [3.63, 3.8) is 0 Å². The highest BCUT2D eigenvalue weighted by molar-refractivity contribution is 6.30. The van der Waals surface area contributed by atoms with Gasteiger partial charge in [-0.25, -0.2) is 0 Å². The molecule has 0 fully saturated rings. The zero-order valence-corrected chi connectivity index (χ0v) is 9.83. The van der Waals surface area contributed by atoms with Gasteiger partial charge in [0, 0.05) is 29.6 Å². The fourth-order valence-corrected chi connectivity index (χ4v) is 1.75. The van der Waals surface area contributed by atoms with E-state index in [9.17, 15) is 0 Å². The molecule has 1 aromatic heterocycles. The fourth-order valence-electron chi connectivity index (χ4n) is 1.53. The van der Waals surface area contributed by atoms with Crippen LogP contribution >= 0.6 is 11.6 Å². The molecule has 0 bridgehead atoms. The van der Waals surface area contributed by atoms with Gasteiger partial charge in [-0.2, -0.15) is 0 Å². The summed E-state index contributed by atoms with van der Waals surface area (Å²) in [5.74, 6) is 0. The highest BCUT2D eigenvalue weighted by Crippen LogP contribution is 2.19. The maximum atomic E-state index is 5.90. The van der Waals surface area contributed by atoms with Crippen LogP contribution in [0.5, 0.6) is 0 Å².